The molecule has 0 aromatic heterocycles. The minimum absolute atomic E-state index is 0.257. The van der Waals surface area contributed by atoms with Gasteiger partial charge in [-0.15, -0.1) is 0 Å². The van der Waals surface area contributed by atoms with E-state index >= 15 is 0 Å². The van der Waals surface area contributed by atoms with Crippen LogP contribution in [0.4, 0.5) is 4.79 Å². The first kappa shape index (κ1) is 14.3. The van der Waals surface area contributed by atoms with Crippen molar-refractivity contribution in [3.05, 3.63) is 0 Å². The highest BCUT2D eigenvalue weighted by atomic mass is 16.6. The summed E-state index contributed by atoms with van der Waals surface area (Å²) in [6, 6.07) is -0.257. The van der Waals surface area contributed by atoms with E-state index in [0.29, 0.717) is 5.92 Å². The van der Waals surface area contributed by atoms with E-state index in [1.54, 1.807) is 0 Å². The summed E-state index contributed by atoms with van der Waals surface area (Å²) >= 11 is 0. The molecule has 4 nitrogen and oxygen atoms in total. The number of amides is 1. The predicted molar refractivity (Wildman–Crippen MR) is 66.8 cm³/mol. The molecule has 2 N–H and O–H groups in total. The van der Waals surface area contributed by atoms with Crippen molar-refractivity contribution in [2.24, 2.45) is 5.92 Å². The highest BCUT2D eigenvalue weighted by molar-refractivity contribution is 5.68. The standard InChI is InChI=1S/C13H25NO3/c1-9(11(15)10-7-5-6-8-10)14-12(16)17-13(2,3)4/h9-11,15H,5-8H2,1-4H3,(H,14,16)/t9-,11-/m1/s1. The molecule has 0 aliphatic heterocycles. The summed E-state index contributed by atoms with van der Waals surface area (Å²) in [6.45, 7) is 7.30. The van der Waals surface area contributed by atoms with Crippen LogP contribution in [-0.2, 0) is 4.74 Å². The summed E-state index contributed by atoms with van der Waals surface area (Å²) in [5.41, 5.74) is -0.498. The van der Waals surface area contributed by atoms with Gasteiger partial charge in [0.15, 0.2) is 0 Å². The molecular weight excluding hydrogens is 218 g/mol. The largest absolute Gasteiger partial charge is 0.444 e. The molecule has 0 unspecified atom stereocenters. The molecule has 0 aromatic rings. The van der Waals surface area contributed by atoms with Gasteiger partial charge in [0.05, 0.1) is 12.1 Å². The predicted octanol–water partition coefficient (Wildman–Crippen LogP) is 2.45. The molecule has 100 valence electrons. The molecule has 4 heteroatoms. The van der Waals surface area contributed by atoms with Gasteiger partial charge in [0.1, 0.15) is 5.60 Å². The average Bonchev–Trinajstić information content (AvgIpc) is 2.65. The number of hydrogen-bond donors (Lipinski definition) is 2. The number of rotatable bonds is 3. The normalized spacial score (nSPS) is 21.0. The first-order chi connectivity index (χ1) is 7.79. The Balaban J connectivity index is 2.37. The maximum atomic E-state index is 11.5. The van der Waals surface area contributed by atoms with Crippen LogP contribution in [-0.4, -0.2) is 28.9 Å². The molecule has 1 amide bonds. The molecule has 0 bridgehead atoms. The summed E-state index contributed by atoms with van der Waals surface area (Å²) in [4.78, 5) is 11.5. The Hall–Kier alpha value is -0.770. The lowest BCUT2D eigenvalue weighted by atomic mass is 9.96. The van der Waals surface area contributed by atoms with Gasteiger partial charge in [-0.1, -0.05) is 12.8 Å². The zero-order valence-electron chi connectivity index (χ0n) is 11.3. The van der Waals surface area contributed by atoms with E-state index in [1.807, 2.05) is 27.7 Å². The highest BCUT2D eigenvalue weighted by Crippen LogP contribution is 2.28. The fraction of sp³-hybridized carbons (Fsp3) is 0.923. The third kappa shape index (κ3) is 4.94. The smallest absolute Gasteiger partial charge is 0.407 e. The lowest BCUT2D eigenvalue weighted by molar-refractivity contribution is 0.0354. The lowest BCUT2D eigenvalue weighted by Crippen LogP contribution is -2.45. The van der Waals surface area contributed by atoms with Crippen LogP contribution in [0.15, 0.2) is 0 Å². The van der Waals surface area contributed by atoms with Crippen LogP contribution in [0.3, 0.4) is 0 Å². The van der Waals surface area contributed by atoms with E-state index in [9.17, 15) is 9.90 Å². The van der Waals surface area contributed by atoms with Gasteiger partial charge in [0.2, 0.25) is 0 Å². The molecule has 0 radical (unpaired) electrons. The van der Waals surface area contributed by atoms with Crippen LogP contribution in [0.5, 0.6) is 0 Å². The van der Waals surface area contributed by atoms with Crippen molar-refractivity contribution in [2.75, 3.05) is 0 Å². The highest BCUT2D eigenvalue weighted by Gasteiger charge is 2.29. The van der Waals surface area contributed by atoms with Gasteiger partial charge in [-0.05, 0) is 46.5 Å². The first-order valence-corrected chi connectivity index (χ1v) is 6.47. The molecule has 0 saturated heterocycles. The minimum atomic E-state index is -0.498. The van der Waals surface area contributed by atoms with Crippen LogP contribution in [0.2, 0.25) is 0 Å². The number of aliphatic hydroxyl groups excluding tert-OH is 1. The van der Waals surface area contributed by atoms with E-state index < -0.39 is 17.8 Å². The summed E-state index contributed by atoms with van der Waals surface area (Å²) < 4.78 is 5.16. The van der Waals surface area contributed by atoms with Crippen molar-refractivity contribution >= 4 is 6.09 Å². The molecule has 17 heavy (non-hydrogen) atoms. The van der Waals surface area contributed by atoms with Crippen molar-refractivity contribution in [3.63, 3.8) is 0 Å². The van der Waals surface area contributed by atoms with Crippen molar-refractivity contribution in [1.29, 1.82) is 0 Å². The van der Waals surface area contributed by atoms with Gasteiger partial charge in [-0.25, -0.2) is 4.79 Å². The topological polar surface area (TPSA) is 58.6 Å². The van der Waals surface area contributed by atoms with Crippen molar-refractivity contribution in [2.45, 2.75) is 71.1 Å². The van der Waals surface area contributed by atoms with Gasteiger partial charge >= 0.3 is 6.09 Å². The Morgan fingerprint density at radius 1 is 1.35 bits per heavy atom. The summed E-state index contributed by atoms with van der Waals surface area (Å²) in [6.07, 6.45) is 3.55. The third-order valence-corrected chi connectivity index (χ3v) is 3.14. The number of carbonyl (C=O) groups is 1. The van der Waals surface area contributed by atoms with Gasteiger partial charge in [0.25, 0.3) is 0 Å². The molecule has 1 aliphatic carbocycles. The van der Waals surface area contributed by atoms with E-state index in [0.717, 1.165) is 12.8 Å². The number of nitrogens with one attached hydrogen (secondary N) is 1. The molecular formula is C13H25NO3. The summed E-state index contributed by atoms with van der Waals surface area (Å²) in [7, 11) is 0. The molecule has 1 fully saturated rings. The molecule has 0 heterocycles. The maximum Gasteiger partial charge on any atom is 0.407 e. The van der Waals surface area contributed by atoms with E-state index in [4.69, 9.17) is 4.74 Å². The van der Waals surface area contributed by atoms with E-state index in [1.165, 1.54) is 12.8 Å². The molecule has 1 aliphatic rings. The Morgan fingerprint density at radius 2 is 1.88 bits per heavy atom. The lowest BCUT2D eigenvalue weighted by Gasteiger charge is -2.27. The van der Waals surface area contributed by atoms with Gasteiger partial charge < -0.3 is 15.2 Å². The van der Waals surface area contributed by atoms with Crippen LogP contribution < -0.4 is 5.32 Å². The van der Waals surface area contributed by atoms with Gasteiger partial charge in [0, 0.05) is 0 Å². The van der Waals surface area contributed by atoms with Crippen molar-refractivity contribution in [3.8, 4) is 0 Å². The second-order valence-electron chi connectivity index (χ2n) is 5.97. The molecule has 0 spiro atoms. The molecule has 1 rings (SSSR count). The zero-order chi connectivity index (χ0) is 13.1. The third-order valence-electron chi connectivity index (χ3n) is 3.14. The number of aliphatic hydroxyl groups is 1. The summed E-state index contributed by atoms with van der Waals surface area (Å²) in [5.74, 6) is 0.319. The fourth-order valence-corrected chi connectivity index (χ4v) is 2.29. The van der Waals surface area contributed by atoms with Crippen molar-refractivity contribution in [1.82, 2.24) is 5.32 Å². The Kier molecular flexibility index (Phi) is 4.80. The Labute approximate surface area is 104 Å². The minimum Gasteiger partial charge on any atom is -0.444 e. The van der Waals surface area contributed by atoms with Crippen LogP contribution in [0, 0.1) is 5.92 Å². The summed E-state index contributed by atoms with van der Waals surface area (Å²) in [5, 5.41) is 12.8. The van der Waals surface area contributed by atoms with Crippen molar-refractivity contribution < 1.29 is 14.6 Å². The first-order valence-electron chi connectivity index (χ1n) is 6.47. The molecule has 1 saturated carbocycles. The second-order valence-corrected chi connectivity index (χ2v) is 5.97. The Morgan fingerprint density at radius 3 is 2.35 bits per heavy atom. The quantitative estimate of drug-likeness (QED) is 0.800. The Bertz CT molecular complexity index is 254. The SMILES string of the molecule is C[C@@H](NC(=O)OC(C)(C)C)[C@@H](O)C1CCCC1. The average molecular weight is 243 g/mol. The van der Waals surface area contributed by atoms with Crippen LogP contribution >= 0.6 is 0 Å². The number of ether oxygens (including phenoxy) is 1. The fourth-order valence-electron chi connectivity index (χ4n) is 2.29. The van der Waals surface area contributed by atoms with E-state index in [2.05, 4.69) is 5.32 Å². The number of hydrogen-bond acceptors (Lipinski definition) is 3. The maximum absolute atomic E-state index is 11.5. The molecule has 2 atom stereocenters. The van der Waals surface area contributed by atoms with E-state index in [-0.39, 0.29) is 6.04 Å². The number of carbonyl (C=O) groups excluding carboxylic acids is 1. The number of alkyl carbamates (subject to hydrolysis) is 1. The second kappa shape index (κ2) is 5.71. The van der Waals surface area contributed by atoms with Crippen LogP contribution in [0.25, 0.3) is 0 Å². The van der Waals surface area contributed by atoms with Crippen LogP contribution in [0.1, 0.15) is 53.4 Å². The van der Waals surface area contributed by atoms with Gasteiger partial charge in [-0.2, -0.15) is 0 Å². The zero-order valence-corrected chi connectivity index (χ0v) is 11.3. The molecule has 0 aromatic carbocycles. The van der Waals surface area contributed by atoms with Gasteiger partial charge in [-0.3, -0.25) is 0 Å². The monoisotopic (exact) mass is 243 g/mol.